The van der Waals surface area contributed by atoms with Crippen molar-refractivity contribution in [2.75, 3.05) is 0 Å². The molecule has 3 rings (SSSR count). The Bertz CT molecular complexity index is 719. The molecule has 0 saturated heterocycles. The molecule has 0 fully saturated rings. The maximum Gasteiger partial charge on any atom is 0.134 e. The third-order valence-electron chi connectivity index (χ3n) is 2.86. The van der Waals surface area contributed by atoms with Gasteiger partial charge in [-0.3, -0.25) is 4.98 Å². The van der Waals surface area contributed by atoms with Crippen molar-refractivity contribution < 1.29 is 9.26 Å². The predicted octanol–water partition coefficient (Wildman–Crippen LogP) is 3.42. The first-order valence-electron chi connectivity index (χ1n) is 6.14. The van der Waals surface area contributed by atoms with Crippen LogP contribution >= 0.6 is 0 Å². The van der Waals surface area contributed by atoms with E-state index in [1.54, 1.807) is 0 Å². The molecule has 96 valence electrons. The van der Waals surface area contributed by atoms with Crippen LogP contribution in [-0.2, 0) is 6.61 Å². The van der Waals surface area contributed by atoms with E-state index < -0.39 is 0 Å². The zero-order valence-corrected chi connectivity index (χ0v) is 10.9. The molecular formula is C15H14N2O2. The molecule has 0 bridgehead atoms. The number of aromatic nitrogens is 2. The van der Waals surface area contributed by atoms with Gasteiger partial charge in [-0.05, 0) is 26.0 Å². The zero-order valence-electron chi connectivity index (χ0n) is 10.9. The molecule has 0 N–H and O–H groups in total. The van der Waals surface area contributed by atoms with E-state index in [4.69, 9.17) is 9.26 Å². The zero-order chi connectivity index (χ0) is 13.2. The normalized spacial score (nSPS) is 10.8. The first-order valence-corrected chi connectivity index (χ1v) is 6.14. The third kappa shape index (κ3) is 2.42. The molecule has 0 saturated carbocycles. The molecule has 0 spiro atoms. The minimum atomic E-state index is 0.394. The van der Waals surface area contributed by atoms with Crippen molar-refractivity contribution in [2.45, 2.75) is 20.5 Å². The van der Waals surface area contributed by atoms with Gasteiger partial charge in [0.15, 0.2) is 0 Å². The lowest BCUT2D eigenvalue weighted by molar-refractivity contribution is 0.290. The van der Waals surface area contributed by atoms with Gasteiger partial charge in [0.25, 0.3) is 0 Å². The predicted molar refractivity (Wildman–Crippen MR) is 72.1 cm³/mol. The SMILES string of the molecule is Cc1cc(OCc2cc(C)on2)c2ccccc2n1. The van der Waals surface area contributed by atoms with Crippen molar-refractivity contribution in [1.29, 1.82) is 0 Å². The van der Waals surface area contributed by atoms with Gasteiger partial charge in [-0.15, -0.1) is 0 Å². The summed E-state index contributed by atoms with van der Waals surface area (Å²) >= 11 is 0. The Morgan fingerprint density at radius 3 is 2.79 bits per heavy atom. The number of fused-ring (bicyclic) bond motifs is 1. The highest BCUT2D eigenvalue weighted by Gasteiger charge is 2.06. The van der Waals surface area contributed by atoms with Crippen LogP contribution in [0.3, 0.4) is 0 Å². The smallest absolute Gasteiger partial charge is 0.134 e. The van der Waals surface area contributed by atoms with E-state index in [0.717, 1.165) is 33.8 Å². The Kier molecular flexibility index (Phi) is 2.91. The molecule has 2 heterocycles. The summed E-state index contributed by atoms with van der Waals surface area (Å²) in [6, 6.07) is 11.7. The molecule has 2 aromatic heterocycles. The maximum atomic E-state index is 5.84. The molecule has 0 radical (unpaired) electrons. The van der Waals surface area contributed by atoms with Crippen molar-refractivity contribution in [3.8, 4) is 5.75 Å². The fraction of sp³-hybridized carbons (Fsp3) is 0.200. The van der Waals surface area contributed by atoms with Crippen molar-refractivity contribution >= 4 is 10.9 Å². The van der Waals surface area contributed by atoms with Gasteiger partial charge in [0.1, 0.15) is 23.8 Å². The van der Waals surface area contributed by atoms with Gasteiger partial charge in [0.2, 0.25) is 0 Å². The van der Waals surface area contributed by atoms with Crippen LogP contribution in [0.5, 0.6) is 5.75 Å². The summed E-state index contributed by atoms with van der Waals surface area (Å²) in [7, 11) is 0. The van der Waals surface area contributed by atoms with Crippen molar-refractivity contribution in [1.82, 2.24) is 10.1 Å². The molecule has 4 nitrogen and oxygen atoms in total. The van der Waals surface area contributed by atoms with Crippen LogP contribution in [0.2, 0.25) is 0 Å². The quantitative estimate of drug-likeness (QED) is 0.718. The van der Waals surface area contributed by atoms with Crippen LogP contribution in [0.25, 0.3) is 10.9 Å². The summed E-state index contributed by atoms with van der Waals surface area (Å²) in [6.07, 6.45) is 0. The molecule has 0 aliphatic heterocycles. The highest BCUT2D eigenvalue weighted by Crippen LogP contribution is 2.25. The summed E-state index contributed by atoms with van der Waals surface area (Å²) in [4.78, 5) is 4.48. The highest BCUT2D eigenvalue weighted by atomic mass is 16.5. The molecule has 0 aliphatic carbocycles. The maximum absolute atomic E-state index is 5.84. The summed E-state index contributed by atoms with van der Waals surface area (Å²) < 4.78 is 10.9. The molecule has 0 unspecified atom stereocenters. The summed E-state index contributed by atoms with van der Waals surface area (Å²) in [5, 5.41) is 4.93. The van der Waals surface area contributed by atoms with E-state index in [0.29, 0.717) is 6.61 Å². The Balaban J connectivity index is 1.91. The number of rotatable bonds is 3. The summed E-state index contributed by atoms with van der Waals surface area (Å²) in [5.74, 6) is 1.61. The van der Waals surface area contributed by atoms with E-state index in [2.05, 4.69) is 10.1 Å². The van der Waals surface area contributed by atoms with E-state index in [1.165, 1.54) is 0 Å². The van der Waals surface area contributed by atoms with Crippen LogP contribution in [0.1, 0.15) is 17.1 Å². The number of para-hydroxylation sites is 1. The van der Waals surface area contributed by atoms with E-state index in [1.807, 2.05) is 50.2 Å². The van der Waals surface area contributed by atoms with E-state index in [9.17, 15) is 0 Å². The number of aryl methyl sites for hydroxylation is 2. The number of hydrogen-bond donors (Lipinski definition) is 0. The number of hydrogen-bond acceptors (Lipinski definition) is 4. The van der Waals surface area contributed by atoms with Gasteiger partial charge in [-0.2, -0.15) is 0 Å². The number of benzene rings is 1. The second-order valence-electron chi connectivity index (χ2n) is 4.50. The topological polar surface area (TPSA) is 48.2 Å². The molecule has 0 atom stereocenters. The standard InChI is InChI=1S/C15H14N2O2/c1-10-7-15(13-5-3-4-6-14(13)16-10)18-9-12-8-11(2)19-17-12/h3-8H,9H2,1-2H3. The minimum absolute atomic E-state index is 0.394. The lowest BCUT2D eigenvalue weighted by Gasteiger charge is -2.08. The first-order chi connectivity index (χ1) is 9.22. The van der Waals surface area contributed by atoms with Crippen LogP contribution in [-0.4, -0.2) is 10.1 Å². The minimum Gasteiger partial charge on any atom is -0.486 e. The average molecular weight is 254 g/mol. The Morgan fingerprint density at radius 2 is 2.00 bits per heavy atom. The van der Waals surface area contributed by atoms with Crippen molar-refractivity contribution in [3.05, 3.63) is 53.5 Å². The molecule has 3 aromatic rings. The Labute approximate surface area is 111 Å². The summed E-state index contributed by atoms with van der Waals surface area (Å²) in [5.41, 5.74) is 2.66. The van der Waals surface area contributed by atoms with Crippen LogP contribution in [0.15, 0.2) is 40.9 Å². The molecule has 19 heavy (non-hydrogen) atoms. The highest BCUT2D eigenvalue weighted by molar-refractivity contribution is 5.85. The fourth-order valence-electron chi connectivity index (χ4n) is 2.03. The van der Waals surface area contributed by atoms with Crippen LogP contribution in [0.4, 0.5) is 0 Å². The Hall–Kier alpha value is -2.36. The van der Waals surface area contributed by atoms with Crippen LogP contribution < -0.4 is 4.74 Å². The van der Waals surface area contributed by atoms with Gasteiger partial charge < -0.3 is 9.26 Å². The second-order valence-corrected chi connectivity index (χ2v) is 4.50. The lowest BCUT2D eigenvalue weighted by Crippen LogP contribution is -1.97. The molecule has 1 aromatic carbocycles. The monoisotopic (exact) mass is 254 g/mol. The van der Waals surface area contributed by atoms with Gasteiger partial charge in [0, 0.05) is 23.2 Å². The fourth-order valence-corrected chi connectivity index (χ4v) is 2.03. The number of pyridine rings is 1. The van der Waals surface area contributed by atoms with Gasteiger partial charge in [-0.1, -0.05) is 17.3 Å². The van der Waals surface area contributed by atoms with Crippen LogP contribution in [0, 0.1) is 13.8 Å². The third-order valence-corrected chi connectivity index (χ3v) is 2.86. The van der Waals surface area contributed by atoms with Crippen molar-refractivity contribution in [3.63, 3.8) is 0 Å². The second kappa shape index (κ2) is 4.72. The largest absolute Gasteiger partial charge is 0.486 e. The molecule has 4 heteroatoms. The van der Waals surface area contributed by atoms with E-state index in [-0.39, 0.29) is 0 Å². The lowest BCUT2D eigenvalue weighted by atomic mass is 10.2. The molecular weight excluding hydrogens is 240 g/mol. The first kappa shape index (κ1) is 11.7. The Morgan fingerprint density at radius 1 is 1.16 bits per heavy atom. The number of ether oxygens (including phenoxy) is 1. The number of nitrogens with zero attached hydrogens (tertiary/aromatic N) is 2. The van der Waals surface area contributed by atoms with Crippen molar-refractivity contribution in [2.24, 2.45) is 0 Å². The van der Waals surface area contributed by atoms with Gasteiger partial charge in [-0.25, -0.2) is 0 Å². The summed E-state index contributed by atoms with van der Waals surface area (Å²) in [6.45, 7) is 4.22. The van der Waals surface area contributed by atoms with Gasteiger partial charge in [0.05, 0.1) is 5.52 Å². The van der Waals surface area contributed by atoms with Gasteiger partial charge >= 0.3 is 0 Å². The average Bonchev–Trinajstić information content (AvgIpc) is 2.81. The molecule has 0 amide bonds. The molecule has 0 aliphatic rings. The van der Waals surface area contributed by atoms with E-state index >= 15 is 0 Å².